The number of benzene rings is 2. The number of nitrogens with one attached hydrogen (secondary N) is 3. The van der Waals surface area contributed by atoms with Crippen molar-refractivity contribution in [2.75, 3.05) is 23.7 Å². The zero-order valence-corrected chi connectivity index (χ0v) is 28.1. The maximum atomic E-state index is 12.4. The first-order valence-corrected chi connectivity index (χ1v) is 16.8. The van der Waals surface area contributed by atoms with Crippen molar-refractivity contribution in [3.8, 4) is 0 Å². The van der Waals surface area contributed by atoms with Crippen LogP contribution in [0.4, 0.5) is 34.1 Å². The number of unbranched alkanes of at least 4 members (excludes halogenated alkanes) is 4. The smallest absolute Gasteiger partial charge is 0.335 e. The SMILES string of the molecule is [N-]=[N+]=Nc1ccc(NCCCCCC(=O)OC(=N)CC(C(=O)OC(=O)CCCCCNc2ccc(N=[N+]=[N-])cc2[N+](=O)[O-])S(=O)(=O)O)c([N+](=O)[O-])c1. The third-order valence-electron chi connectivity index (χ3n) is 6.87. The Labute approximate surface area is 294 Å². The highest BCUT2D eigenvalue weighted by molar-refractivity contribution is 7.87. The Morgan fingerprint density at radius 1 is 0.808 bits per heavy atom. The molecule has 2 rings (SSSR count). The summed E-state index contributed by atoms with van der Waals surface area (Å²) in [6, 6.07) is 7.75. The number of anilines is 2. The van der Waals surface area contributed by atoms with Gasteiger partial charge in [-0.25, -0.2) is 0 Å². The number of nitrogens with zero attached hydrogens (tertiary/aromatic N) is 8. The van der Waals surface area contributed by atoms with Gasteiger partial charge in [0.1, 0.15) is 11.4 Å². The molecule has 0 spiro atoms. The maximum Gasteiger partial charge on any atom is 0.335 e. The first-order chi connectivity index (χ1) is 24.7. The fraction of sp³-hybridized carbons (Fsp3) is 0.429. The van der Waals surface area contributed by atoms with Gasteiger partial charge in [0, 0.05) is 59.3 Å². The van der Waals surface area contributed by atoms with Crippen molar-refractivity contribution in [2.45, 2.75) is 63.0 Å². The molecule has 52 heavy (non-hydrogen) atoms. The van der Waals surface area contributed by atoms with Crippen LogP contribution in [0.3, 0.4) is 0 Å². The lowest BCUT2D eigenvalue weighted by Gasteiger charge is -2.13. The number of ether oxygens (including phenoxy) is 2. The van der Waals surface area contributed by atoms with Crippen LogP contribution in [-0.2, 0) is 34.0 Å². The fourth-order valence-electron chi connectivity index (χ4n) is 4.39. The minimum atomic E-state index is -5.19. The van der Waals surface area contributed by atoms with Gasteiger partial charge in [0.05, 0.1) is 16.3 Å². The van der Waals surface area contributed by atoms with E-state index in [1.807, 2.05) is 0 Å². The Bertz CT molecular complexity index is 1880. The van der Waals surface area contributed by atoms with Gasteiger partial charge in [-0.05, 0) is 48.9 Å². The van der Waals surface area contributed by atoms with Crippen molar-refractivity contribution in [1.29, 1.82) is 5.41 Å². The summed E-state index contributed by atoms with van der Waals surface area (Å²) in [6.07, 6.45) is 0.507. The van der Waals surface area contributed by atoms with Gasteiger partial charge in [0.15, 0.2) is 11.1 Å². The second kappa shape index (κ2) is 21.0. The van der Waals surface area contributed by atoms with E-state index in [1.54, 1.807) is 0 Å². The first-order valence-electron chi connectivity index (χ1n) is 15.3. The molecule has 0 amide bonds. The number of hydrogen-bond acceptors (Lipinski definition) is 16. The summed E-state index contributed by atoms with van der Waals surface area (Å²) in [7, 11) is -5.19. The number of rotatable bonds is 22. The van der Waals surface area contributed by atoms with Crippen molar-refractivity contribution in [1.82, 2.24) is 0 Å². The summed E-state index contributed by atoms with van der Waals surface area (Å²) >= 11 is 0. The van der Waals surface area contributed by atoms with Crippen LogP contribution in [0.25, 0.3) is 20.9 Å². The molecular formula is C28H33N11O12S. The van der Waals surface area contributed by atoms with E-state index in [0.29, 0.717) is 25.7 Å². The second-order valence-electron chi connectivity index (χ2n) is 10.7. The number of carbonyl (C=O) groups is 3. The zero-order valence-electron chi connectivity index (χ0n) is 27.2. The molecule has 0 saturated carbocycles. The van der Waals surface area contributed by atoms with E-state index in [1.165, 1.54) is 24.3 Å². The largest absolute Gasteiger partial charge is 0.412 e. The van der Waals surface area contributed by atoms with E-state index in [0.717, 1.165) is 12.1 Å². The number of nitro benzene ring substituents is 2. The van der Waals surface area contributed by atoms with E-state index in [9.17, 15) is 47.6 Å². The molecule has 1 unspecified atom stereocenters. The number of nitro groups is 2. The molecule has 2 aromatic carbocycles. The lowest BCUT2D eigenvalue weighted by atomic mass is 10.2. The molecule has 0 aromatic heterocycles. The molecule has 4 N–H and O–H groups in total. The number of carbonyl (C=O) groups excluding carboxylic acids is 3. The number of azide groups is 2. The van der Waals surface area contributed by atoms with Crippen molar-refractivity contribution < 1.29 is 46.7 Å². The fourth-order valence-corrected chi connectivity index (χ4v) is 5.05. The highest BCUT2D eigenvalue weighted by Gasteiger charge is 2.36. The lowest BCUT2D eigenvalue weighted by molar-refractivity contribution is -0.384. The molecule has 1 atom stereocenters. The molecule has 0 saturated heterocycles. The third kappa shape index (κ3) is 14.6. The maximum absolute atomic E-state index is 12.4. The summed E-state index contributed by atoms with van der Waals surface area (Å²) in [5.41, 5.74) is 16.9. The molecular weight excluding hydrogens is 714 g/mol. The van der Waals surface area contributed by atoms with Crippen LogP contribution >= 0.6 is 0 Å². The van der Waals surface area contributed by atoms with Gasteiger partial charge in [-0.3, -0.25) is 44.6 Å². The van der Waals surface area contributed by atoms with Gasteiger partial charge < -0.3 is 20.1 Å². The summed E-state index contributed by atoms with van der Waals surface area (Å²) in [5.74, 6) is -4.70. The van der Waals surface area contributed by atoms with Crippen LogP contribution in [0.15, 0.2) is 46.6 Å². The Hall–Kier alpha value is -6.35. The molecule has 0 fully saturated rings. The van der Waals surface area contributed by atoms with Gasteiger partial charge in [-0.1, -0.05) is 35.2 Å². The third-order valence-corrected chi connectivity index (χ3v) is 7.95. The van der Waals surface area contributed by atoms with Gasteiger partial charge in [0.25, 0.3) is 21.5 Å². The summed E-state index contributed by atoms with van der Waals surface area (Å²) < 4.78 is 42.3. The molecule has 0 bridgehead atoms. The first kappa shape index (κ1) is 41.8. The molecule has 278 valence electrons. The molecule has 0 aliphatic carbocycles. The zero-order chi connectivity index (χ0) is 38.7. The van der Waals surface area contributed by atoms with Crippen LogP contribution in [0.2, 0.25) is 0 Å². The highest BCUT2D eigenvalue weighted by Crippen LogP contribution is 2.30. The van der Waals surface area contributed by atoms with Crippen LogP contribution in [0, 0.1) is 25.6 Å². The molecule has 0 aliphatic rings. The van der Waals surface area contributed by atoms with Crippen LogP contribution in [-0.4, -0.2) is 65.0 Å². The predicted octanol–water partition coefficient (Wildman–Crippen LogP) is 6.27. The molecule has 24 heteroatoms. The summed E-state index contributed by atoms with van der Waals surface area (Å²) in [5, 5.41) is 40.3. The monoisotopic (exact) mass is 747 g/mol. The molecule has 0 aliphatic heterocycles. The lowest BCUT2D eigenvalue weighted by Crippen LogP contribution is -2.35. The van der Waals surface area contributed by atoms with Crippen molar-refractivity contribution >= 4 is 68.0 Å². The minimum Gasteiger partial charge on any atom is -0.412 e. The Balaban J connectivity index is 1.72. The van der Waals surface area contributed by atoms with E-state index < -0.39 is 55.4 Å². The van der Waals surface area contributed by atoms with Gasteiger partial charge in [0.2, 0.25) is 0 Å². The number of esters is 3. The van der Waals surface area contributed by atoms with Crippen LogP contribution in [0.5, 0.6) is 0 Å². The van der Waals surface area contributed by atoms with Crippen LogP contribution in [0.1, 0.15) is 57.8 Å². The van der Waals surface area contributed by atoms with E-state index in [-0.39, 0.29) is 72.9 Å². The van der Waals surface area contributed by atoms with E-state index in [2.05, 4.69) is 35.4 Å². The topological polar surface area (TPSA) is 356 Å². The van der Waals surface area contributed by atoms with E-state index in [4.69, 9.17) is 21.2 Å². The van der Waals surface area contributed by atoms with Crippen molar-refractivity contribution in [2.24, 2.45) is 10.2 Å². The standard InChI is InChI=1S/C28H33N11O12S/c29-25(50-26(40)7-3-1-5-13-32-20-11-9-18(34-36-30)15-22(20)38(43)44)17-24(52(47,48)49)28(42)51-27(41)8-4-2-6-14-33-21-12-10-19(35-37-31)16-23(21)39(45)46/h9-12,15-16,24,29,32-33H,1-8,13-14,17H2,(H,47,48,49). The predicted molar refractivity (Wildman–Crippen MR) is 183 cm³/mol. The quantitative estimate of drug-likeness (QED) is 0.00881. The molecule has 0 radical (unpaired) electrons. The Morgan fingerprint density at radius 3 is 1.65 bits per heavy atom. The Kier molecular flexibility index (Phi) is 16.9. The van der Waals surface area contributed by atoms with E-state index >= 15 is 0 Å². The van der Waals surface area contributed by atoms with Gasteiger partial charge in [-0.15, -0.1) is 0 Å². The molecule has 0 heterocycles. The minimum absolute atomic E-state index is 0.0591. The average Bonchev–Trinajstić information content (AvgIpc) is 3.07. The second-order valence-corrected chi connectivity index (χ2v) is 12.3. The molecule has 23 nitrogen and oxygen atoms in total. The van der Waals surface area contributed by atoms with Crippen LogP contribution < -0.4 is 10.6 Å². The van der Waals surface area contributed by atoms with Gasteiger partial charge >= 0.3 is 17.9 Å². The highest BCUT2D eigenvalue weighted by atomic mass is 32.2. The van der Waals surface area contributed by atoms with Gasteiger partial charge in [-0.2, -0.15) is 8.42 Å². The number of hydrogen-bond donors (Lipinski definition) is 4. The van der Waals surface area contributed by atoms with Crippen molar-refractivity contribution in [3.63, 3.8) is 0 Å². The summed E-state index contributed by atoms with van der Waals surface area (Å²) in [4.78, 5) is 63.0. The molecule has 2 aromatic rings. The Morgan fingerprint density at radius 2 is 1.25 bits per heavy atom. The van der Waals surface area contributed by atoms with Crippen molar-refractivity contribution in [3.05, 3.63) is 77.5 Å². The average molecular weight is 748 g/mol. The summed E-state index contributed by atoms with van der Waals surface area (Å²) in [6.45, 7) is 0.535. The normalized spacial score (nSPS) is 11.2.